The zero-order chi connectivity index (χ0) is 18.8. The quantitative estimate of drug-likeness (QED) is 0.456. The number of amides is 2. The molecule has 0 aromatic carbocycles. The van der Waals surface area contributed by atoms with Gasteiger partial charge in [0, 0.05) is 12.5 Å². The van der Waals surface area contributed by atoms with Gasteiger partial charge in [-0.1, -0.05) is 6.42 Å². The molecule has 1 aliphatic carbocycles. The van der Waals surface area contributed by atoms with E-state index in [4.69, 9.17) is 11.5 Å². The van der Waals surface area contributed by atoms with Gasteiger partial charge in [-0.05, 0) is 32.6 Å². The standard InChI is InChI=1S/C16H26N4O5/c1-9(13(22)10-4-2-6-16(10,18)15(24)25)19-14(23)11-5-3-7-20(11)12(21)8-17/h9-11H,2-8,17-18H2,1H3,(H,19,23)(H,24,25)/t9-,10?,11-,16?/m0/s1. The zero-order valence-corrected chi connectivity index (χ0v) is 14.4. The van der Waals surface area contributed by atoms with Gasteiger partial charge in [-0.15, -0.1) is 0 Å². The van der Waals surface area contributed by atoms with Gasteiger partial charge in [-0.3, -0.25) is 19.2 Å². The number of hydrogen-bond acceptors (Lipinski definition) is 6. The number of rotatable bonds is 6. The SMILES string of the molecule is C[C@H](NC(=O)[C@@H]1CCCN1C(=O)CN)C(=O)C1CCCC1(N)C(=O)O. The van der Waals surface area contributed by atoms with Crippen LogP contribution in [-0.4, -0.2) is 64.3 Å². The van der Waals surface area contributed by atoms with Crippen LogP contribution in [-0.2, 0) is 19.2 Å². The molecular formula is C16H26N4O5. The maximum absolute atomic E-state index is 12.6. The number of nitrogens with one attached hydrogen (secondary N) is 1. The molecule has 1 heterocycles. The Labute approximate surface area is 146 Å². The summed E-state index contributed by atoms with van der Waals surface area (Å²) in [5.74, 6) is -3.14. The third-order valence-electron chi connectivity index (χ3n) is 5.28. The number of carboxylic acids is 1. The van der Waals surface area contributed by atoms with E-state index in [1.165, 1.54) is 11.8 Å². The van der Waals surface area contributed by atoms with Crippen LogP contribution in [0.5, 0.6) is 0 Å². The van der Waals surface area contributed by atoms with Gasteiger partial charge in [0.25, 0.3) is 0 Å². The Morgan fingerprint density at radius 2 is 1.96 bits per heavy atom. The summed E-state index contributed by atoms with van der Waals surface area (Å²) in [6.45, 7) is 1.81. The Hall–Kier alpha value is -2.00. The molecule has 0 radical (unpaired) electrons. The van der Waals surface area contributed by atoms with Crippen LogP contribution in [0.2, 0.25) is 0 Å². The molecule has 140 valence electrons. The van der Waals surface area contributed by atoms with Gasteiger partial charge >= 0.3 is 5.97 Å². The van der Waals surface area contributed by atoms with Crippen molar-refractivity contribution in [3.63, 3.8) is 0 Å². The molecule has 2 unspecified atom stereocenters. The second-order valence-corrected chi connectivity index (χ2v) is 6.87. The molecule has 2 aliphatic rings. The van der Waals surface area contributed by atoms with Crippen LogP contribution in [0.4, 0.5) is 0 Å². The lowest BCUT2D eigenvalue weighted by Gasteiger charge is -2.29. The van der Waals surface area contributed by atoms with Gasteiger partial charge in [0.1, 0.15) is 11.6 Å². The molecule has 9 heteroatoms. The van der Waals surface area contributed by atoms with Gasteiger partial charge in [0.15, 0.2) is 5.78 Å². The summed E-state index contributed by atoms with van der Waals surface area (Å²) in [6, 6.07) is -1.51. The number of nitrogens with zero attached hydrogens (tertiary/aromatic N) is 1. The first-order valence-corrected chi connectivity index (χ1v) is 8.58. The van der Waals surface area contributed by atoms with Crippen molar-refractivity contribution in [2.75, 3.05) is 13.1 Å². The molecule has 6 N–H and O–H groups in total. The second-order valence-electron chi connectivity index (χ2n) is 6.87. The van der Waals surface area contributed by atoms with Crippen molar-refractivity contribution in [2.24, 2.45) is 17.4 Å². The number of aliphatic carboxylic acids is 1. The molecule has 2 rings (SSSR count). The van der Waals surface area contributed by atoms with E-state index in [1.54, 1.807) is 0 Å². The van der Waals surface area contributed by atoms with Crippen molar-refractivity contribution in [2.45, 2.75) is 56.7 Å². The summed E-state index contributed by atoms with van der Waals surface area (Å²) >= 11 is 0. The highest BCUT2D eigenvalue weighted by atomic mass is 16.4. The first-order chi connectivity index (χ1) is 11.7. The number of hydrogen-bond donors (Lipinski definition) is 4. The molecule has 0 bridgehead atoms. The molecule has 25 heavy (non-hydrogen) atoms. The van der Waals surface area contributed by atoms with E-state index >= 15 is 0 Å². The predicted octanol–water partition coefficient (Wildman–Crippen LogP) is -1.41. The summed E-state index contributed by atoms with van der Waals surface area (Å²) in [7, 11) is 0. The minimum Gasteiger partial charge on any atom is -0.480 e. The Morgan fingerprint density at radius 3 is 2.56 bits per heavy atom. The average Bonchev–Trinajstić information content (AvgIpc) is 3.20. The molecule has 2 fully saturated rings. The lowest BCUT2D eigenvalue weighted by molar-refractivity contribution is -0.148. The van der Waals surface area contributed by atoms with Crippen molar-refractivity contribution in [3.8, 4) is 0 Å². The zero-order valence-electron chi connectivity index (χ0n) is 14.4. The molecule has 9 nitrogen and oxygen atoms in total. The minimum atomic E-state index is -1.58. The number of carboxylic acid groups (broad SMARTS) is 1. The third kappa shape index (κ3) is 3.67. The Bertz CT molecular complexity index is 581. The van der Waals surface area contributed by atoms with Gasteiger partial charge in [-0.25, -0.2) is 0 Å². The fourth-order valence-electron chi connectivity index (χ4n) is 3.82. The normalized spacial score (nSPS) is 30.1. The lowest BCUT2D eigenvalue weighted by atomic mass is 9.82. The minimum absolute atomic E-state index is 0.172. The highest BCUT2D eigenvalue weighted by Crippen LogP contribution is 2.35. The fraction of sp³-hybridized carbons (Fsp3) is 0.750. The van der Waals surface area contributed by atoms with Crippen molar-refractivity contribution >= 4 is 23.6 Å². The highest BCUT2D eigenvalue weighted by Gasteiger charge is 2.50. The molecule has 2 amide bonds. The first kappa shape index (κ1) is 19.3. The van der Waals surface area contributed by atoms with Crippen LogP contribution in [0, 0.1) is 5.92 Å². The van der Waals surface area contributed by atoms with Crippen LogP contribution < -0.4 is 16.8 Å². The fourth-order valence-corrected chi connectivity index (χ4v) is 3.82. The van der Waals surface area contributed by atoms with Crippen molar-refractivity contribution < 1.29 is 24.3 Å². The summed E-state index contributed by atoms with van der Waals surface area (Å²) < 4.78 is 0. The molecule has 1 saturated heterocycles. The van der Waals surface area contributed by atoms with E-state index in [2.05, 4.69) is 5.32 Å². The molecular weight excluding hydrogens is 328 g/mol. The third-order valence-corrected chi connectivity index (χ3v) is 5.28. The van der Waals surface area contributed by atoms with Gasteiger partial charge in [-0.2, -0.15) is 0 Å². The Balaban J connectivity index is 2.02. The maximum atomic E-state index is 12.6. The van der Waals surface area contributed by atoms with E-state index in [0.29, 0.717) is 32.2 Å². The largest absolute Gasteiger partial charge is 0.480 e. The van der Waals surface area contributed by atoms with Crippen LogP contribution >= 0.6 is 0 Å². The van der Waals surface area contributed by atoms with E-state index in [9.17, 15) is 24.3 Å². The molecule has 1 saturated carbocycles. The summed E-state index contributed by atoms with van der Waals surface area (Å²) in [6.07, 6.45) is 2.39. The number of ketones is 1. The first-order valence-electron chi connectivity index (χ1n) is 8.58. The Kier molecular flexibility index (Phi) is 5.79. The van der Waals surface area contributed by atoms with Crippen LogP contribution in [0.15, 0.2) is 0 Å². The molecule has 1 aliphatic heterocycles. The Morgan fingerprint density at radius 1 is 1.28 bits per heavy atom. The number of likely N-dealkylation sites (tertiary alicyclic amines) is 1. The smallest absolute Gasteiger partial charge is 0.324 e. The second kappa shape index (κ2) is 7.49. The summed E-state index contributed by atoms with van der Waals surface area (Å²) in [5.41, 5.74) is 9.70. The van der Waals surface area contributed by atoms with Gasteiger partial charge in [0.2, 0.25) is 11.8 Å². The predicted molar refractivity (Wildman–Crippen MR) is 88.3 cm³/mol. The lowest BCUT2D eigenvalue weighted by Crippen LogP contribution is -2.57. The average molecular weight is 354 g/mol. The highest BCUT2D eigenvalue weighted by molar-refractivity contribution is 5.97. The molecule has 0 spiro atoms. The number of Topliss-reactive ketones (excluding diaryl/α,β-unsaturated/α-hetero) is 1. The van der Waals surface area contributed by atoms with Crippen LogP contribution in [0.3, 0.4) is 0 Å². The van der Waals surface area contributed by atoms with E-state index in [-0.39, 0.29) is 24.7 Å². The summed E-state index contributed by atoms with van der Waals surface area (Å²) in [4.78, 5) is 49.7. The van der Waals surface area contributed by atoms with Gasteiger partial charge in [0.05, 0.1) is 12.6 Å². The molecule has 0 aromatic heterocycles. The van der Waals surface area contributed by atoms with Crippen LogP contribution in [0.25, 0.3) is 0 Å². The van der Waals surface area contributed by atoms with Gasteiger partial charge < -0.3 is 26.8 Å². The van der Waals surface area contributed by atoms with Crippen molar-refractivity contribution in [3.05, 3.63) is 0 Å². The van der Waals surface area contributed by atoms with E-state index < -0.39 is 35.4 Å². The molecule has 4 atom stereocenters. The summed E-state index contributed by atoms with van der Waals surface area (Å²) in [5, 5.41) is 11.9. The number of nitrogens with two attached hydrogens (primary N) is 2. The monoisotopic (exact) mass is 354 g/mol. The number of carbonyl (C=O) groups excluding carboxylic acids is 3. The van der Waals surface area contributed by atoms with E-state index in [0.717, 1.165) is 0 Å². The molecule has 0 aromatic rings. The van der Waals surface area contributed by atoms with Crippen LogP contribution in [0.1, 0.15) is 39.0 Å². The topological polar surface area (TPSA) is 156 Å². The van der Waals surface area contributed by atoms with Crippen molar-refractivity contribution in [1.82, 2.24) is 10.2 Å². The number of carbonyl (C=O) groups is 4. The maximum Gasteiger partial charge on any atom is 0.324 e. The van der Waals surface area contributed by atoms with Crippen molar-refractivity contribution in [1.29, 1.82) is 0 Å². The van der Waals surface area contributed by atoms with E-state index in [1.807, 2.05) is 0 Å².